The van der Waals surface area contributed by atoms with Crippen molar-refractivity contribution < 1.29 is 13.9 Å². The Bertz CT molecular complexity index is 481. The Balaban J connectivity index is 1.92. The molecule has 2 aliphatic rings. The number of ketones is 1. The fraction of sp³-hybridized carbons (Fsp3) is 0.500. The second-order valence-corrected chi connectivity index (χ2v) is 4.83. The maximum Gasteiger partial charge on any atom is 0.193 e. The van der Waals surface area contributed by atoms with E-state index in [0.717, 1.165) is 36.9 Å². The SMILES string of the molecule is O=C(c1ccc(F)c2c1CCC2)C1CNCCO1. The molecule has 1 aromatic carbocycles. The van der Waals surface area contributed by atoms with E-state index in [1.165, 1.54) is 6.07 Å². The number of nitrogens with one attached hydrogen (secondary N) is 1. The van der Waals surface area contributed by atoms with Crippen molar-refractivity contribution in [3.8, 4) is 0 Å². The van der Waals surface area contributed by atoms with E-state index < -0.39 is 6.10 Å². The molecule has 0 amide bonds. The third kappa shape index (κ3) is 1.95. The summed E-state index contributed by atoms with van der Waals surface area (Å²) in [7, 11) is 0. The first-order valence-electron chi connectivity index (χ1n) is 6.44. The van der Waals surface area contributed by atoms with E-state index in [4.69, 9.17) is 4.74 Å². The van der Waals surface area contributed by atoms with Gasteiger partial charge in [0.25, 0.3) is 0 Å². The molecule has 18 heavy (non-hydrogen) atoms. The Labute approximate surface area is 105 Å². The molecule has 0 aromatic heterocycles. The van der Waals surface area contributed by atoms with E-state index in [1.54, 1.807) is 6.07 Å². The lowest BCUT2D eigenvalue weighted by molar-refractivity contribution is 0.0268. The molecule has 1 aromatic rings. The van der Waals surface area contributed by atoms with Crippen molar-refractivity contribution in [3.05, 3.63) is 34.6 Å². The fourth-order valence-electron chi connectivity index (χ4n) is 2.80. The molecule has 4 heteroatoms. The average Bonchev–Trinajstić information content (AvgIpc) is 2.90. The van der Waals surface area contributed by atoms with Gasteiger partial charge in [0.15, 0.2) is 5.78 Å². The van der Waals surface area contributed by atoms with Crippen molar-refractivity contribution in [1.82, 2.24) is 5.32 Å². The summed E-state index contributed by atoms with van der Waals surface area (Å²) >= 11 is 0. The Hall–Kier alpha value is -1.26. The number of rotatable bonds is 2. The third-order valence-electron chi connectivity index (χ3n) is 3.71. The van der Waals surface area contributed by atoms with Crippen LogP contribution in [0.3, 0.4) is 0 Å². The van der Waals surface area contributed by atoms with E-state index in [-0.39, 0.29) is 11.6 Å². The molecule has 1 saturated heterocycles. The van der Waals surface area contributed by atoms with Crippen LogP contribution in [0.4, 0.5) is 4.39 Å². The number of halogens is 1. The summed E-state index contributed by atoms with van der Waals surface area (Å²) in [5, 5.41) is 3.14. The van der Waals surface area contributed by atoms with Crippen LogP contribution in [0.25, 0.3) is 0 Å². The highest BCUT2D eigenvalue weighted by molar-refractivity contribution is 6.01. The molecule has 3 rings (SSSR count). The Morgan fingerprint density at radius 2 is 2.17 bits per heavy atom. The summed E-state index contributed by atoms with van der Waals surface area (Å²) in [5.74, 6) is -0.193. The normalized spacial score (nSPS) is 22.8. The van der Waals surface area contributed by atoms with Gasteiger partial charge in [0.2, 0.25) is 0 Å². The van der Waals surface area contributed by atoms with Gasteiger partial charge in [0.1, 0.15) is 11.9 Å². The first-order chi connectivity index (χ1) is 8.77. The highest BCUT2D eigenvalue weighted by Gasteiger charge is 2.28. The van der Waals surface area contributed by atoms with Gasteiger partial charge in [-0.1, -0.05) is 0 Å². The number of ether oxygens (including phenoxy) is 1. The zero-order valence-corrected chi connectivity index (χ0v) is 10.2. The van der Waals surface area contributed by atoms with Gasteiger partial charge in [-0.3, -0.25) is 4.79 Å². The van der Waals surface area contributed by atoms with Crippen LogP contribution in [0.2, 0.25) is 0 Å². The number of hydrogen-bond donors (Lipinski definition) is 1. The minimum absolute atomic E-state index is 0.0136. The van der Waals surface area contributed by atoms with Crippen molar-refractivity contribution in [3.63, 3.8) is 0 Å². The molecular weight excluding hydrogens is 233 g/mol. The van der Waals surface area contributed by atoms with Crippen LogP contribution in [-0.4, -0.2) is 31.6 Å². The van der Waals surface area contributed by atoms with Crippen molar-refractivity contribution in [1.29, 1.82) is 0 Å². The first kappa shape index (κ1) is 11.8. The van der Waals surface area contributed by atoms with Crippen LogP contribution in [0.1, 0.15) is 27.9 Å². The molecule has 1 aliphatic heterocycles. The standard InChI is InChI=1S/C14H16FNO2/c15-12-5-4-11(9-2-1-3-10(9)12)14(17)13-8-16-6-7-18-13/h4-5,13,16H,1-3,6-8H2. The minimum atomic E-state index is -0.422. The molecule has 3 nitrogen and oxygen atoms in total. The lowest BCUT2D eigenvalue weighted by atomic mass is 9.96. The van der Waals surface area contributed by atoms with E-state index in [2.05, 4.69) is 5.32 Å². The van der Waals surface area contributed by atoms with Gasteiger partial charge in [-0.15, -0.1) is 0 Å². The number of fused-ring (bicyclic) bond motifs is 1. The van der Waals surface area contributed by atoms with E-state index in [9.17, 15) is 9.18 Å². The highest BCUT2D eigenvalue weighted by atomic mass is 19.1. The third-order valence-corrected chi connectivity index (χ3v) is 3.71. The van der Waals surface area contributed by atoms with Crippen LogP contribution in [0.15, 0.2) is 12.1 Å². The predicted molar refractivity (Wildman–Crippen MR) is 65.4 cm³/mol. The zero-order valence-electron chi connectivity index (χ0n) is 10.2. The molecule has 1 heterocycles. The molecule has 0 radical (unpaired) electrons. The molecule has 96 valence electrons. The van der Waals surface area contributed by atoms with Crippen LogP contribution >= 0.6 is 0 Å². The molecule has 0 saturated carbocycles. The van der Waals surface area contributed by atoms with Gasteiger partial charge in [-0.05, 0) is 42.5 Å². The number of morpholine rings is 1. The average molecular weight is 249 g/mol. The lowest BCUT2D eigenvalue weighted by Gasteiger charge is -2.23. The van der Waals surface area contributed by atoms with Crippen molar-refractivity contribution in [2.75, 3.05) is 19.7 Å². The van der Waals surface area contributed by atoms with Crippen molar-refractivity contribution in [2.45, 2.75) is 25.4 Å². The van der Waals surface area contributed by atoms with Crippen LogP contribution in [0, 0.1) is 5.82 Å². The van der Waals surface area contributed by atoms with Gasteiger partial charge in [0, 0.05) is 18.7 Å². The van der Waals surface area contributed by atoms with Crippen LogP contribution in [-0.2, 0) is 17.6 Å². The fourth-order valence-corrected chi connectivity index (χ4v) is 2.80. The van der Waals surface area contributed by atoms with Crippen LogP contribution in [0.5, 0.6) is 0 Å². The molecule has 1 atom stereocenters. The predicted octanol–water partition coefficient (Wildman–Crippen LogP) is 1.49. The van der Waals surface area contributed by atoms with E-state index in [1.807, 2.05) is 0 Å². The summed E-state index contributed by atoms with van der Waals surface area (Å²) in [6, 6.07) is 3.02. The second-order valence-electron chi connectivity index (χ2n) is 4.83. The summed E-state index contributed by atoms with van der Waals surface area (Å²) in [6.45, 7) is 1.88. The summed E-state index contributed by atoms with van der Waals surface area (Å²) < 4.78 is 19.1. The molecule has 1 N–H and O–H groups in total. The summed E-state index contributed by atoms with van der Waals surface area (Å²) in [5.41, 5.74) is 2.27. The quantitative estimate of drug-likeness (QED) is 0.807. The molecule has 1 unspecified atom stereocenters. The highest BCUT2D eigenvalue weighted by Crippen LogP contribution is 2.29. The van der Waals surface area contributed by atoms with Gasteiger partial charge in [0.05, 0.1) is 6.61 Å². The number of Topliss-reactive ketones (excluding diaryl/α,β-unsaturated/α-hetero) is 1. The van der Waals surface area contributed by atoms with Gasteiger partial charge in [-0.25, -0.2) is 4.39 Å². The molecular formula is C14H16FNO2. The lowest BCUT2D eigenvalue weighted by Crippen LogP contribution is -2.43. The maximum absolute atomic E-state index is 13.6. The van der Waals surface area contributed by atoms with Crippen molar-refractivity contribution >= 4 is 5.78 Å². The first-order valence-corrected chi connectivity index (χ1v) is 6.44. The smallest absolute Gasteiger partial charge is 0.193 e. The van der Waals surface area contributed by atoms with E-state index >= 15 is 0 Å². The van der Waals surface area contributed by atoms with E-state index in [0.29, 0.717) is 18.7 Å². The second kappa shape index (κ2) is 4.78. The van der Waals surface area contributed by atoms with Gasteiger partial charge in [-0.2, -0.15) is 0 Å². The monoisotopic (exact) mass is 249 g/mol. The summed E-state index contributed by atoms with van der Waals surface area (Å²) in [4.78, 5) is 12.4. The zero-order chi connectivity index (χ0) is 12.5. The molecule has 0 spiro atoms. The molecule has 0 bridgehead atoms. The Morgan fingerprint density at radius 3 is 2.94 bits per heavy atom. The molecule has 1 aliphatic carbocycles. The summed E-state index contributed by atoms with van der Waals surface area (Å²) in [6.07, 6.45) is 2.05. The van der Waals surface area contributed by atoms with Crippen LogP contribution < -0.4 is 5.32 Å². The largest absolute Gasteiger partial charge is 0.367 e. The van der Waals surface area contributed by atoms with Gasteiger partial charge < -0.3 is 10.1 Å². The Morgan fingerprint density at radius 1 is 1.33 bits per heavy atom. The number of hydrogen-bond acceptors (Lipinski definition) is 3. The maximum atomic E-state index is 13.6. The van der Waals surface area contributed by atoms with Gasteiger partial charge >= 0.3 is 0 Å². The molecule has 1 fully saturated rings. The number of carbonyl (C=O) groups is 1. The Kier molecular flexibility index (Phi) is 3.14. The minimum Gasteiger partial charge on any atom is -0.367 e. The van der Waals surface area contributed by atoms with Crippen molar-refractivity contribution in [2.24, 2.45) is 0 Å². The topological polar surface area (TPSA) is 38.3 Å². The number of benzene rings is 1. The number of carbonyl (C=O) groups excluding carboxylic acids is 1.